The van der Waals surface area contributed by atoms with Crippen LogP contribution in [0.2, 0.25) is 5.02 Å². The first-order valence-electron chi connectivity index (χ1n) is 12.2. The second-order valence-corrected chi connectivity index (χ2v) is 10.5. The first-order chi connectivity index (χ1) is 18.5. The Bertz CT molecular complexity index is 1320. The summed E-state index contributed by atoms with van der Waals surface area (Å²) in [7, 11) is 0. The predicted octanol–water partition coefficient (Wildman–Crippen LogP) is 7.72. The van der Waals surface area contributed by atoms with Crippen LogP contribution in [-0.2, 0) is 16.1 Å². The number of amides is 1. The number of rotatable bonds is 11. The number of ether oxygens (including phenoxy) is 3. The largest absolute Gasteiger partial charge is 0.490 e. The third kappa shape index (κ3) is 7.41. The number of hydrogen-bond acceptors (Lipinski definition) is 6. The molecule has 1 saturated heterocycles. The number of carbonyl (C=O) groups is 1. The summed E-state index contributed by atoms with van der Waals surface area (Å²) < 4.78 is 18.2. The molecule has 198 valence electrons. The molecule has 0 radical (unpaired) electrons. The third-order valence-electron chi connectivity index (χ3n) is 5.49. The molecule has 9 heteroatoms. The SMILES string of the molecule is CCOCCN1C(=O)/C(=C/c2cc(OCC)c(OCc3ccc(Cl)cc3)cc2Br)SC1=Nc1ccccc1. The number of aliphatic imine (C=N–C) groups is 1. The molecule has 0 saturated carbocycles. The lowest BCUT2D eigenvalue weighted by atomic mass is 10.1. The van der Waals surface area contributed by atoms with Gasteiger partial charge in [0.2, 0.25) is 0 Å². The van der Waals surface area contributed by atoms with Gasteiger partial charge in [0.1, 0.15) is 6.61 Å². The van der Waals surface area contributed by atoms with Crippen molar-refractivity contribution in [1.82, 2.24) is 4.90 Å². The Morgan fingerprint density at radius 2 is 1.74 bits per heavy atom. The van der Waals surface area contributed by atoms with Crippen LogP contribution in [0.1, 0.15) is 25.0 Å². The third-order valence-corrected chi connectivity index (χ3v) is 7.43. The predicted molar refractivity (Wildman–Crippen MR) is 158 cm³/mol. The van der Waals surface area contributed by atoms with Crippen molar-refractivity contribution < 1.29 is 19.0 Å². The smallest absolute Gasteiger partial charge is 0.266 e. The van der Waals surface area contributed by atoms with Gasteiger partial charge in [0, 0.05) is 16.1 Å². The van der Waals surface area contributed by atoms with Crippen molar-refractivity contribution in [1.29, 1.82) is 0 Å². The molecule has 4 rings (SSSR count). The van der Waals surface area contributed by atoms with Crippen LogP contribution in [0.15, 0.2) is 81.1 Å². The summed E-state index contributed by atoms with van der Waals surface area (Å²) in [4.78, 5) is 20.4. The molecular weight excluding hydrogens is 588 g/mol. The zero-order chi connectivity index (χ0) is 26.9. The zero-order valence-corrected chi connectivity index (χ0v) is 24.3. The lowest BCUT2D eigenvalue weighted by Gasteiger charge is -2.15. The van der Waals surface area contributed by atoms with Gasteiger partial charge in [0.05, 0.1) is 30.4 Å². The molecule has 0 atom stereocenters. The van der Waals surface area contributed by atoms with E-state index in [0.29, 0.717) is 59.6 Å². The summed E-state index contributed by atoms with van der Waals surface area (Å²) in [6.45, 7) is 6.13. The molecular formula is C29H28BrClN2O4S. The maximum Gasteiger partial charge on any atom is 0.266 e. The molecule has 38 heavy (non-hydrogen) atoms. The summed E-state index contributed by atoms with van der Waals surface area (Å²) in [6, 6.07) is 20.8. The lowest BCUT2D eigenvalue weighted by molar-refractivity contribution is -0.122. The number of halogens is 2. The van der Waals surface area contributed by atoms with Crippen LogP contribution in [0.3, 0.4) is 0 Å². The van der Waals surface area contributed by atoms with Crippen LogP contribution in [0.4, 0.5) is 5.69 Å². The number of hydrogen-bond donors (Lipinski definition) is 0. The maximum absolute atomic E-state index is 13.4. The van der Waals surface area contributed by atoms with Gasteiger partial charge < -0.3 is 14.2 Å². The molecule has 0 spiro atoms. The molecule has 0 bridgehead atoms. The van der Waals surface area contributed by atoms with Gasteiger partial charge in [-0.1, -0.05) is 57.9 Å². The highest BCUT2D eigenvalue weighted by Crippen LogP contribution is 2.39. The van der Waals surface area contributed by atoms with Crippen LogP contribution in [0.25, 0.3) is 6.08 Å². The van der Waals surface area contributed by atoms with Gasteiger partial charge >= 0.3 is 0 Å². The molecule has 3 aromatic rings. The number of benzene rings is 3. The summed E-state index contributed by atoms with van der Waals surface area (Å²) in [5, 5.41) is 1.30. The molecule has 3 aromatic carbocycles. The molecule has 6 nitrogen and oxygen atoms in total. The molecule has 1 aliphatic rings. The first kappa shape index (κ1) is 28.2. The van der Waals surface area contributed by atoms with E-state index in [-0.39, 0.29) is 5.91 Å². The fourth-order valence-corrected chi connectivity index (χ4v) is 5.21. The van der Waals surface area contributed by atoms with Crippen molar-refractivity contribution in [3.8, 4) is 11.5 Å². The Labute approximate surface area is 240 Å². The van der Waals surface area contributed by atoms with E-state index in [0.717, 1.165) is 21.3 Å². The van der Waals surface area contributed by atoms with Crippen molar-refractivity contribution in [2.45, 2.75) is 20.5 Å². The van der Waals surface area contributed by atoms with Gasteiger partial charge in [-0.25, -0.2) is 4.99 Å². The minimum absolute atomic E-state index is 0.114. The lowest BCUT2D eigenvalue weighted by Crippen LogP contribution is -2.32. The van der Waals surface area contributed by atoms with Gasteiger partial charge in [0.25, 0.3) is 5.91 Å². The highest BCUT2D eigenvalue weighted by Gasteiger charge is 2.33. The molecule has 1 aliphatic heterocycles. The van der Waals surface area contributed by atoms with Crippen LogP contribution >= 0.6 is 39.3 Å². The van der Waals surface area contributed by atoms with Gasteiger partial charge in [-0.05, 0) is 79.2 Å². The van der Waals surface area contributed by atoms with E-state index in [1.807, 2.05) is 86.7 Å². The van der Waals surface area contributed by atoms with Crippen molar-refractivity contribution in [2.75, 3.05) is 26.4 Å². The molecule has 0 aliphatic carbocycles. The van der Waals surface area contributed by atoms with Gasteiger partial charge in [0.15, 0.2) is 16.7 Å². The second kappa shape index (κ2) is 13.8. The number of nitrogens with zero attached hydrogens (tertiary/aromatic N) is 2. The number of amidine groups is 1. The number of thioether (sulfide) groups is 1. The topological polar surface area (TPSA) is 60.4 Å². The Balaban J connectivity index is 1.61. The van der Waals surface area contributed by atoms with E-state index in [9.17, 15) is 4.79 Å². The molecule has 0 N–H and O–H groups in total. The molecule has 0 aromatic heterocycles. The highest BCUT2D eigenvalue weighted by molar-refractivity contribution is 9.10. The van der Waals surface area contributed by atoms with Crippen LogP contribution in [-0.4, -0.2) is 42.3 Å². The van der Waals surface area contributed by atoms with E-state index < -0.39 is 0 Å². The van der Waals surface area contributed by atoms with Crippen LogP contribution in [0.5, 0.6) is 11.5 Å². The average molecular weight is 616 g/mol. The minimum Gasteiger partial charge on any atom is -0.490 e. The number of para-hydroxylation sites is 1. The Kier molecular flexibility index (Phi) is 10.3. The van der Waals surface area contributed by atoms with Crippen molar-refractivity contribution in [3.05, 3.63) is 92.3 Å². The Hall–Kier alpha value is -2.78. The molecule has 1 fully saturated rings. The van der Waals surface area contributed by atoms with Crippen molar-refractivity contribution in [3.63, 3.8) is 0 Å². The first-order valence-corrected chi connectivity index (χ1v) is 14.2. The summed E-state index contributed by atoms with van der Waals surface area (Å²) in [5.74, 6) is 1.08. The standard InChI is InChI=1S/C29H28BrClN2O4S/c1-3-35-15-14-33-28(34)27(38-29(33)32-23-8-6-5-7-9-23)17-21-16-25(36-4-2)26(18-24(21)30)37-19-20-10-12-22(31)13-11-20/h5-13,16-18H,3-4,14-15,19H2,1-2H3/b27-17-,32-29?. The summed E-state index contributed by atoms with van der Waals surface area (Å²) in [5.41, 5.74) is 2.57. The van der Waals surface area contributed by atoms with E-state index in [1.54, 1.807) is 4.90 Å². The van der Waals surface area contributed by atoms with Gasteiger partial charge in [-0.2, -0.15) is 0 Å². The molecule has 1 amide bonds. The monoisotopic (exact) mass is 614 g/mol. The van der Waals surface area contributed by atoms with Crippen LogP contribution < -0.4 is 9.47 Å². The van der Waals surface area contributed by atoms with E-state index >= 15 is 0 Å². The fourth-order valence-electron chi connectivity index (χ4n) is 3.63. The van der Waals surface area contributed by atoms with Gasteiger partial charge in [-0.3, -0.25) is 9.69 Å². The quantitative estimate of drug-likeness (QED) is 0.163. The Morgan fingerprint density at radius 3 is 2.45 bits per heavy atom. The minimum atomic E-state index is -0.114. The maximum atomic E-state index is 13.4. The molecule has 0 unspecified atom stereocenters. The van der Waals surface area contributed by atoms with E-state index in [1.165, 1.54) is 11.8 Å². The highest BCUT2D eigenvalue weighted by atomic mass is 79.9. The average Bonchev–Trinajstić information content (AvgIpc) is 3.20. The van der Waals surface area contributed by atoms with Crippen LogP contribution in [0, 0.1) is 0 Å². The Morgan fingerprint density at radius 1 is 1.00 bits per heavy atom. The summed E-state index contributed by atoms with van der Waals surface area (Å²) in [6.07, 6.45) is 1.85. The number of carbonyl (C=O) groups excluding carboxylic acids is 1. The van der Waals surface area contributed by atoms with Crippen molar-refractivity contribution in [2.24, 2.45) is 4.99 Å². The molecule has 1 heterocycles. The zero-order valence-electron chi connectivity index (χ0n) is 21.2. The van der Waals surface area contributed by atoms with E-state index in [4.69, 9.17) is 30.8 Å². The fraction of sp³-hybridized carbons (Fsp3) is 0.241. The normalized spacial score (nSPS) is 15.5. The van der Waals surface area contributed by atoms with Crippen molar-refractivity contribution >= 4 is 62.1 Å². The van der Waals surface area contributed by atoms with Gasteiger partial charge in [-0.15, -0.1) is 0 Å². The summed E-state index contributed by atoms with van der Waals surface area (Å²) >= 11 is 11.0. The second-order valence-electron chi connectivity index (χ2n) is 8.16. The van der Waals surface area contributed by atoms with E-state index in [2.05, 4.69) is 15.9 Å².